The quantitative estimate of drug-likeness (QED) is 0.534. The average Bonchev–Trinajstić information content (AvgIpc) is 2.29. The minimum atomic E-state index is -3.80. The molecule has 0 saturated carbocycles. The molecular formula is C11H18N2O5S. The second-order valence-electron chi connectivity index (χ2n) is 3.71. The second-order valence-corrected chi connectivity index (χ2v) is 5.28. The van der Waals surface area contributed by atoms with E-state index in [1.165, 1.54) is 0 Å². The van der Waals surface area contributed by atoms with Crippen molar-refractivity contribution in [2.45, 2.75) is 12.5 Å². The van der Waals surface area contributed by atoms with E-state index in [0.29, 0.717) is 6.42 Å². The molecule has 0 spiro atoms. The number of carbonyl (C=O) groups is 1. The highest BCUT2D eigenvalue weighted by molar-refractivity contribution is 7.85. The van der Waals surface area contributed by atoms with Crippen molar-refractivity contribution in [1.82, 2.24) is 0 Å². The molecule has 1 atom stereocenters. The first-order chi connectivity index (χ1) is 8.76. The van der Waals surface area contributed by atoms with Gasteiger partial charge in [-0.2, -0.15) is 8.42 Å². The smallest absolute Gasteiger partial charge is 0.320 e. The van der Waals surface area contributed by atoms with Crippen LogP contribution in [0.1, 0.15) is 5.56 Å². The summed E-state index contributed by atoms with van der Waals surface area (Å²) in [5.41, 5.74) is 11.1. The number of hydrogen-bond acceptors (Lipinski definition) is 5. The number of carboxylic acids is 1. The molecule has 19 heavy (non-hydrogen) atoms. The molecule has 0 aliphatic carbocycles. The van der Waals surface area contributed by atoms with Gasteiger partial charge in [0.05, 0.1) is 5.75 Å². The maximum atomic E-state index is 10.4. The minimum Gasteiger partial charge on any atom is -0.480 e. The summed E-state index contributed by atoms with van der Waals surface area (Å²) in [7, 11) is -3.80. The predicted octanol–water partition coefficient (Wildman–Crippen LogP) is -0.526. The van der Waals surface area contributed by atoms with Crippen LogP contribution in [0, 0.1) is 0 Å². The fourth-order valence-electron chi connectivity index (χ4n) is 1.10. The molecule has 1 aromatic carbocycles. The number of rotatable bonds is 5. The molecule has 0 saturated heterocycles. The molecule has 1 unspecified atom stereocenters. The Labute approximate surface area is 112 Å². The van der Waals surface area contributed by atoms with Gasteiger partial charge in [0.15, 0.2) is 0 Å². The normalized spacial score (nSPS) is 12.2. The number of nitrogens with two attached hydrogens (primary N) is 2. The van der Waals surface area contributed by atoms with Crippen molar-refractivity contribution in [3.63, 3.8) is 0 Å². The molecule has 1 rings (SSSR count). The summed E-state index contributed by atoms with van der Waals surface area (Å²) in [6.45, 7) is -0.0289. The number of benzene rings is 1. The zero-order chi connectivity index (χ0) is 14.9. The summed E-state index contributed by atoms with van der Waals surface area (Å²) < 4.78 is 27.3. The molecule has 0 radical (unpaired) electrons. The first-order valence-electron chi connectivity index (χ1n) is 5.44. The fourth-order valence-corrected chi connectivity index (χ4v) is 1.40. The van der Waals surface area contributed by atoms with Gasteiger partial charge in [0, 0.05) is 6.54 Å². The molecule has 7 nitrogen and oxygen atoms in total. The van der Waals surface area contributed by atoms with Crippen LogP contribution in [-0.2, 0) is 21.3 Å². The predicted molar refractivity (Wildman–Crippen MR) is 71.2 cm³/mol. The Hall–Kier alpha value is -1.48. The first kappa shape index (κ1) is 17.5. The Morgan fingerprint density at radius 3 is 2.11 bits per heavy atom. The zero-order valence-electron chi connectivity index (χ0n) is 10.3. The standard InChI is InChI=1S/C9H11NO2.C2H7NO3S/c10-8(9(11)12)6-7-4-2-1-3-5-7;3-1-2-7(4,5)6/h1-5,8H,6,10H2,(H,11,12);1-3H2,(H,4,5,6). The van der Waals surface area contributed by atoms with E-state index in [4.69, 9.17) is 21.1 Å². The number of aliphatic carboxylic acids is 1. The van der Waals surface area contributed by atoms with Crippen molar-refractivity contribution in [1.29, 1.82) is 0 Å². The maximum absolute atomic E-state index is 10.4. The van der Waals surface area contributed by atoms with Crippen LogP contribution in [-0.4, -0.2) is 42.4 Å². The summed E-state index contributed by atoms with van der Waals surface area (Å²) in [6, 6.07) is 8.54. The topological polar surface area (TPSA) is 144 Å². The van der Waals surface area contributed by atoms with Gasteiger partial charge in [-0.05, 0) is 12.0 Å². The van der Waals surface area contributed by atoms with Gasteiger partial charge in [-0.25, -0.2) is 0 Å². The van der Waals surface area contributed by atoms with Crippen LogP contribution in [0.5, 0.6) is 0 Å². The average molecular weight is 290 g/mol. The summed E-state index contributed by atoms with van der Waals surface area (Å²) in [4.78, 5) is 10.4. The van der Waals surface area contributed by atoms with Crippen LogP contribution < -0.4 is 11.5 Å². The summed E-state index contributed by atoms with van der Waals surface area (Å²) in [6.07, 6.45) is 0.385. The Morgan fingerprint density at radius 1 is 1.26 bits per heavy atom. The lowest BCUT2D eigenvalue weighted by atomic mass is 10.1. The van der Waals surface area contributed by atoms with E-state index in [-0.39, 0.29) is 12.3 Å². The largest absolute Gasteiger partial charge is 0.480 e. The lowest BCUT2D eigenvalue weighted by Gasteiger charge is -2.04. The maximum Gasteiger partial charge on any atom is 0.320 e. The van der Waals surface area contributed by atoms with Crippen molar-refractivity contribution in [2.24, 2.45) is 11.5 Å². The van der Waals surface area contributed by atoms with Crippen molar-refractivity contribution >= 4 is 16.1 Å². The molecule has 8 heteroatoms. The van der Waals surface area contributed by atoms with Crippen molar-refractivity contribution < 1.29 is 22.9 Å². The summed E-state index contributed by atoms with van der Waals surface area (Å²) >= 11 is 0. The monoisotopic (exact) mass is 290 g/mol. The van der Waals surface area contributed by atoms with E-state index in [0.717, 1.165) is 5.56 Å². The van der Waals surface area contributed by atoms with E-state index in [2.05, 4.69) is 0 Å². The van der Waals surface area contributed by atoms with Crippen LogP contribution in [0.3, 0.4) is 0 Å². The van der Waals surface area contributed by atoms with Gasteiger partial charge in [0.25, 0.3) is 10.1 Å². The molecule has 0 aliphatic heterocycles. The van der Waals surface area contributed by atoms with Gasteiger partial charge in [0.2, 0.25) is 0 Å². The summed E-state index contributed by atoms with van der Waals surface area (Å²) in [5, 5.41) is 8.52. The molecule has 0 aromatic heterocycles. The van der Waals surface area contributed by atoms with Gasteiger partial charge in [0.1, 0.15) is 6.04 Å². The highest BCUT2D eigenvalue weighted by Gasteiger charge is 2.10. The molecule has 0 amide bonds. The lowest BCUT2D eigenvalue weighted by molar-refractivity contribution is -0.138. The molecule has 0 aliphatic rings. The lowest BCUT2D eigenvalue weighted by Crippen LogP contribution is -2.32. The zero-order valence-corrected chi connectivity index (χ0v) is 11.1. The van der Waals surface area contributed by atoms with Crippen molar-refractivity contribution in [3.05, 3.63) is 35.9 Å². The van der Waals surface area contributed by atoms with E-state index in [9.17, 15) is 13.2 Å². The van der Waals surface area contributed by atoms with Crippen LogP contribution in [0.2, 0.25) is 0 Å². The molecule has 0 bridgehead atoms. The molecule has 108 valence electrons. The van der Waals surface area contributed by atoms with E-state index >= 15 is 0 Å². The fraction of sp³-hybridized carbons (Fsp3) is 0.364. The van der Waals surface area contributed by atoms with Gasteiger partial charge in [-0.15, -0.1) is 0 Å². The third-order valence-corrected chi connectivity index (χ3v) is 2.74. The third-order valence-electron chi connectivity index (χ3n) is 1.99. The van der Waals surface area contributed by atoms with E-state index in [1.54, 1.807) is 0 Å². The van der Waals surface area contributed by atoms with Gasteiger partial charge >= 0.3 is 5.97 Å². The van der Waals surface area contributed by atoms with E-state index in [1.807, 2.05) is 30.3 Å². The van der Waals surface area contributed by atoms with Crippen LogP contribution in [0.15, 0.2) is 30.3 Å². The summed E-state index contributed by atoms with van der Waals surface area (Å²) in [5.74, 6) is -1.31. The SMILES string of the molecule is NC(Cc1ccccc1)C(=O)O.NCCS(=O)(=O)O. The Kier molecular flexibility index (Phi) is 7.92. The molecule has 0 heterocycles. The van der Waals surface area contributed by atoms with Gasteiger partial charge < -0.3 is 16.6 Å². The molecular weight excluding hydrogens is 272 g/mol. The number of hydrogen-bond donors (Lipinski definition) is 4. The highest BCUT2D eigenvalue weighted by atomic mass is 32.2. The van der Waals surface area contributed by atoms with Crippen LogP contribution in [0.25, 0.3) is 0 Å². The second kappa shape index (κ2) is 8.59. The highest BCUT2D eigenvalue weighted by Crippen LogP contribution is 2.01. The van der Waals surface area contributed by atoms with Crippen molar-refractivity contribution in [2.75, 3.05) is 12.3 Å². The van der Waals surface area contributed by atoms with Gasteiger partial charge in [-0.1, -0.05) is 30.3 Å². The molecule has 1 aromatic rings. The molecule has 6 N–H and O–H groups in total. The Balaban J connectivity index is 0.000000399. The van der Waals surface area contributed by atoms with Crippen LogP contribution in [0.4, 0.5) is 0 Å². The first-order valence-corrected chi connectivity index (χ1v) is 7.04. The third kappa shape index (κ3) is 10.2. The van der Waals surface area contributed by atoms with Gasteiger partial charge in [-0.3, -0.25) is 9.35 Å². The molecule has 0 fully saturated rings. The van der Waals surface area contributed by atoms with Crippen molar-refractivity contribution in [3.8, 4) is 0 Å². The van der Waals surface area contributed by atoms with Crippen LogP contribution >= 0.6 is 0 Å². The van der Waals surface area contributed by atoms with E-state index < -0.39 is 22.1 Å². The Morgan fingerprint density at radius 2 is 1.79 bits per heavy atom. The number of carboxylic acid groups (broad SMARTS) is 1. The minimum absolute atomic E-state index is 0.0289. The Bertz CT molecular complexity index is 475.